The van der Waals surface area contributed by atoms with Crippen LogP contribution in [-0.2, 0) is 16.0 Å². The van der Waals surface area contributed by atoms with Gasteiger partial charge in [-0.3, -0.25) is 4.79 Å². The second kappa shape index (κ2) is 6.75. The number of ether oxygens (including phenoxy) is 2. The molecule has 0 bridgehead atoms. The summed E-state index contributed by atoms with van der Waals surface area (Å²) in [6, 6.07) is 7.84. The summed E-state index contributed by atoms with van der Waals surface area (Å²) in [6.45, 7) is 4.10. The van der Waals surface area contributed by atoms with Gasteiger partial charge in [-0.2, -0.15) is 0 Å². The average Bonchev–Trinajstić information content (AvgIpc) is 2.37. The molecule has 1 saturated heterocycles. The summed E-state index contributed by atoms with van der Waals surface area (Å²) in [6.07, 6.45) is 2.57. The molecule has 0 radical (unpaired) electrons. The van der Waals surface area contributed by atoms with E-state index in [9.17, 15) is 4.79 Å². The van der Waals surface area contributed by atoms with Gasteiger partial charge in [0.15, 0.2) is 0 Å². The molecule has 4 nitrogen and oxygen atoms in total. The van der Waals surface area contributed by atoms with Crippen molar-refractivity contribution in [2.45, 2.75) is 51.4 Å². The van der Waals surface area contributed by atoms with Crippen molar-refractivity contribution in [3.05, 3.63) is 29.8 Å². The van der Waals surface area contributed by atoms with Crippen molar-refractivity contribution in [2.75, 3.05) is 7.11 Å². The lowest BCUT2D eigenvalue weighted by Gasteiger charge is -2.32. The van der Waals surface area contributed by atoms with Crippen LogP contribution in [0.1, 0.15) is 32.3 Å². The maximum atomic E-state index is 12.1. The zero-order valence-electron chi connectivity index (χ0n) is 12.4. The smallest absolute Gasteiger partial charge is 0.224 e. The van der Waals surface area contributed by atoms with E-state index in [0.717, 1.165) is 24.2 Å². The van der Waals surface area contributed by atoms with Crippen LogP contribution in [0.4, 0.5) is 0 Å². The van der Waals surface area contributed by atoms with E-state index < -0.39 is 0 Å². The van der Waals surface area contributed by atoms with Crippen LogP contribution in [0.2, 0.25) is 0 Å². The van der Waals surface area contributed by atoms with Crippen molar-refractivity contribution in [1.82, 2.24) is 5.32 Å². The first-order valence-electron chi connectivity index (χ1n) is 7.14. The third-order valence-corrected chi connectivity index (χ3v) is 3.56. The van der Waals surface area contributed by atoms with Crippen molar-refractivity contribution in [1.29, 1.82) is 0 Å². The normalized spacial score (nSPS) is 26.1. The van der Waals surface area contributed by atoms with E-state index in [1.165, 1.54) is 0 Å². The molecule has 110 valence electrons. The minimum atomic E-state index is 0.0598. The first-order valence-corrected chi connectivity index (χ1v) is 7.14. The van der Waals surface area contributed by atoms with Gasteiger partial charge in [-0.15, -0.1) is 0 Å². The number of rotatable bonds is 4. The summed E-state index contributed by atoms with van der Waals surface area (Å²) in [5.74, 6) is 0.841. The molecule has 1 aliphatic heterocycles. The fourth-order valence-electron chi connectivity index (χ4n) is 2.77. The molecule has 0 spiro atoms. The van der Waals surface area contributed by atoms with Crippen molar-refractivity contribution in [2.24, 2.45) is 0 Å². The number of amides is 1. The number of carbonyl (C=O) groups is 1. The van der Waals surface area contributed by atoms with E-state index in [2.05, 4.69) is 19.2 Å². The first kappa shape index (κ1) is 14.9. The topological polar surface area (TPSA) is 47.6 Å². The standard InChI is InChI=1S/C16H23NO3/c1-11-7-14(8-12(2)20-11)17-16(18)10-13-5-4-6-15(9-13)19-3/h4-6,9,11-12,14H,7-8,10H2,1-3H3,(H,17,18)/t11-,12+,14?. The number of carbonyl (C=O) groups excluding carboxylic acids is 1. The molecule has 1 aromatic carbocycles. The van der Waals surface area contributed by atoms with Crippen LogP contribution < -0.4 is 10.1 Å². The fourth-order valence-corrected chi connectivity index (χ4v) is 2.77. The van der Waals surface area contributed by atoms with Gasteiger partial charge in [0.25, 0.3) is 0 Å². The first-order chi connectivity index (χ1) is 9.56. The van der Waals surface area contributed by atoms with Gasteiger partial charge in [0.05, 0.1) is 25.7 Å². The Morgan fingerprint density at radius 2 is 2.05 bits per heavy atom. The maximum Gasteiger partial charge on any atom is 0.224 e. The highest BCUT2D eigenvalue weighted by Crippen LogP contribution is 2.19. The summed E-state index contributed by atoms with van der Waals surface area (Å²) in [5, 5.41) is 3.11. The highest BCUT2D eigenvalue weighted by atomic mass is 16.5. The fraction of sp³-hybridized carbons (Fsp3) is 0.562. The van der Waals surface area contributed by atoms with Crippen LogP contribution in [0.5, 0.6) is 5.75 Å². The lowest BCUT2D eigenvalue weighted by molar-refractivity contribution is -0.122. The second-order valence-corrected chi connectivity index (χ2v) is 5.52. The SMILES string of the molecule is COc1cccc(CC(=O)NC2C[C@@H](C)O[C@@H](C)C2)c1. The molecule has 0 aromatic heterocycles. The quantitative estimate of drug-likeness (QED) is 0.918. The Morgan fingerprint density at radius 3 is 2.70 bits per heavy atom. The maximum absolute atomic E-state index is 12.1. The zero-order chi connectivity index (χ0) is 14.5. The molecule has 0 aliphatic carbocycles. The van der Waals surface area contributed by atoms with Crippen LogP contribution >= 0.6 is 0 Å². The Bertz CT molecular complexity index is 451. The predicted octanol–water partition coefficient (Wildman–Crippen LogP) is 2.31. The molecule has 1 unspecified atom stereocenters. The van der Waals surface area contributed by atoms with Crippen LogP contribution in [0.3, 0.4) is 0 Å². The van der Waals surface area contributed by atoms with Crippen LogP contribution in [0.25, 0.3) is 0 Å². The number of methoxy groups -OCH3 is 1. The molecule has 1 amide bonds. The Kier molecular flexibility index (Phi) is 5.01. The average molecular weight is 277 g/mol. The van der Waals surface area contributed by atoms with Gasteiger partial charge in [-0.05, 0) is 44.4 Å². The molecule has 20 heavy (non-hydrogen) atoms. The van der Waals surface area contributed by atoms with Crippen LogP contribution in [0.15, 0.2) is 24.3 Å². The molecular formula is C16H23NO3. The molecule has 4 heteroatoms. The summed E-state index contributed by atoms with van der Waals surface area (Å²) in [7, 11) is 1.63. The number of hydrogen-bond acceptors (Lipinski definition) is 3. The summed E-state index contributed by atoms with van der Waals surface area (Å²) in [4.78, 5) is 12.1. The Morgan fingerprint density at radius 1 is 1.35 bits per heavy atom. The van der Waals surface area contributed by atoms with Crippen LogP contribution in [-0.4, -0.2) is 31.3 Å². The van der Waals surface area contributed by atoms with E-state index in [1.807, 2.05) is 24.3 Å². The highest BCUT2D eigenvalue weighted by Gasteiger charge is 2.25. The van der Waals surface area contributed by atoms with Crippen molar-refractivity contribution in [3.8, 4) is 5.75 Å². The third kappa shape index (κ3) is 4.23. The number of nitrogens with one attached hydrogen (secondary N) is 1. The molecule has 3 atom stereocenters. The Balaban J connectivity index is 1.88. The Labute approximate surface area is 120 Å². The van der Waals surface area contributed by atoms with Gasteiger partial charge in [0.1, 0.15) is 5.75 Å². The van der Waals surface area contributed by atoms with E-state index in [0.29, 0.717) is 6.42 Å². The number of benzene rings is 1. The van der Waals surface area contributed by atoms with Gasteiger partial charge >= 0.3 is 0 Å². The summed E-state index contributed by atoms with van der Waals surface area (Å²) >= 11 is 0. The van der Waals surface area contributed by atoms with E-state index in [-0.39, 0.29) is 24.2 Å². The molecule has 1 heterocycles. The molecule has 1 fully saturated rings. The Hall–Kier alpha value is -1.55. The second-order valence-electron chi connectivity index (χ2n) is 5.52. The van der Waals surface area contributed by atoms with Crippen molar-refractivity contribution >= 4 is 5.91 Å². The molecule has 1 aliphatic rings. The highest BCUT2D eigenvalue weighted by molar-refractivity contribution is 5.79. The lowest BCUT2D eigenvalue weighted by Crippen LogP contribution is -2.44. The van der Waals surface area contributed by atoms with E-state index in [4.69, 9.17) is 9.47 Å². The number of hydrogen-bond donors (Lipinski definition) is 1. The predicted molar refractivity (Wildman–Crippen MR) is 77.9 cm³/mol. The van der Waals surface area contributed by atoms with Gasteiger partial charge in [-0.25, -0.2) is 0 Å². The molecule has 1 aromatic rings. The largest absolute Gasteiger partial charge is 0.497 e. The minimum absolute atomic E-state index is 0.0598. The molecule has 1 N–H and O–H groups in total. The lowest BCUT2D eigenvalue weighted by atomic mass is 9.99. The zero-order valence-corrected chi connectivity index (χ0v) is 12.4. The van der Waals surface area contributed by atoms with Gasteiger partial charge in [0, 0.05) is 6.04 Å². The summed E-state index contributed by atoms with van der Waals surface area (Å²) < 4.78 is 10.8. The van der Waals surface area contributed by atoms with E-state index in [1.54, 1.807) is 7.11 Å². The van der Waals surface area contributed by atoms with Gasteiger partial charge in [0.2, 0.25) is 5.91 Å². The van der Waals surface area contributed by atoms with Crippen LogP contribution in [0, 0.1) is 0 Å². The molecular weight excluding hydrogens is 254 g/mol. The third-order valence-electron chi connectivity index (χ3n) is 3.56. The molecule has 2 rings (SSSR count). The van der Waals surface area contributed by atoms with Gasteiger partial charge < -0.3 is 14.8 Å². The van der Waals surface area contributed by atoms with Gasteiger partial charge in [-0.1, -0.05) is 12.1 Å². The summed E-state index contributed by atoms with van der Waals surface area (Å²) in [5.41, 5.74) is 0.968. The van der Waals surface area contributed by atoms with E-state index >= 15 is 0 Å². The van der Waals surface area contributed by atoms with Crippen molar-refractivity contribution in [3.63, 3.8) is 0 Å². The molecule has 0 saturated carbocycles. The minimum Gasteiger partial charge on any atom is -0.497 e. The van der Waals surface area contributed by atoms with Crippen molar-refractivity contribution < 1.29 is 14.3 Å². The monoisotopic (exact) mass is 277 g/mol.